The Kier molecular flexibility index (Phi) is 6.05. The van der Waals surface area contributed by atoms with E-state index in [9.17, 15) is 0 Å². The second kappa shape index (κ2) is 7.43. The number of hydrogen-bond donors (Lipinski definition) is 0. The Morgan fingerprint density at radius 3 is 2.40 bits per heavy atom. The van der Waals surface area contributed by atoms with Crippen LogP contribution >= 0.6 is 0 Å². The second-order valence-electron chi connectivity index (χ2n) is 3.34. The first-order valence-corrected chi connectivity index (χ1v) is 5.62. The molecular weight excluding hydrogens is 188 g/mol. The molecular formula is C13H20O2. The fourth-order valence-electron chi connectivity index (χ4n) is 1.55. The van der Waals surface area contributed by atoms with Crippen molar-refractivity contribution in [1.29, 1.82) is 0 Å². The number of rotatable bonds is 7. The average Bonchev–Trinajstić information content (AvgIpc) is 2.29. The molecule has 0 bridgehead atoms. The largest absolute Gasteiger partial charge is 0.382 e. The molecule has 0 aromatic heterocycles. The molecule has 0 saturated carbocycles. The van der Waals surface area contributed by atoms with E-state index in [-0.39, 0.29) is 6.10 Å². The molecule has 0 spiro atoms. The molecule has 0 heterocycles. The van der Waals surface area contributed by atoms with Gasteiger partial charge in [-0.15, -0.1) is 0 Å². The highest BCUT2D eigenvalue weighted by atomic mass is 16.5. The molecule has 0 aliphatic carbocycles. The molecule has 0 N–H and O–H groups in total. The van der Waals surface area contributed by atoms with E-state index in [0.717, 1.165) is 26.2 Å². The van der Waals surface area contributed by atoms with Crippen molar-refractivity contribution < 1.29 is 9.47 Å². The third-order valence-corrected chi connectivity index (χ3v) is 2.27. The zero-order valence-corrected chi connectivity index (χ0v) is 9.61. The van der Waals surface area contributed by atoms with Gasteiger partial charge in [0, 0.05) is 26.2 Å². The van der Waals surface area contributed by atoms with Crippen molar-refractivity contribution in [2.45, 2.75) is 26.4 Å². The summed E-state index contributed by atoms with van der Waals surface area (Å²) in [5.74, 6) is 0. The fourth-order valence-corrected chi connectivity index (χ4v) is 1.55. The molecule has 1 atom stereocenters. The molecule has 0 saturated heterocycles. The van der Waals surface area contributed by atoms with Crippen LogP contribution < -0.4 is 0 Å². The molecule has 2 nitrogen and oxygen atoms in total. The van der Waals surface area contributed by atoms with Gasteiger partial charge in [0.2, 0.25) is 0 Å². The fraction of sp³-hybridized carbons (Fsp3) is 0.538. The lowest BCUT2D eigenvalue weighted by Gasteiger charge is -2.17. The SMILES string of the molecule is CCOCCC(OCC)c1ccccc1. The second-order valence-corrected chi connectivity index (χ2v) is 3.34. The van der Waals surface area contributed by atoms with E-state index in [0.29, 0.717) is 0 Å². The monoisotopic (exact) mass is 208 g/mol. The standard InChI is InChI=1S/C13H20O2/c1-3-14-11-10-13(15-4-2)12-8-6-5-7-9-12/h5-9,13H,3-4,10-11H2,1-2H3. The summed E-state index contributed by atoms with van der Waals surface area (Å²) in [6.07, 6.45) is 1.09. The van der Waals surface area contributed by atoms with Crippen molar-refractivity contribution in [3.8, 4) is 0 Å². The Morgan fingerprint density at radius 1 is 1.07 bits per heavy atom. The number of benzene rings is 1. The van der Waals surface area contributed by atoms with Crippen molar-refractivity contribution >= 4 is 0 Å². The normalized spacial score (nSPS) is 12.7. The van der Waals surface area contributed by atoms with Crippen LogP contribution in [-0.2, 0) is 9.47 Å². The van der Waals surface area contributed by atoms with Gasteiger partial charge >= 0.3 is 0 Å². The minimum Gasteiger partial charge on any atom is -0.382 e. The summed E-state index contributed by atoms with van der Waals surface area (Å²) in [5.41, 5.74) is 1.24. The van der Waals surface area contributed by atoms with Crippen molar-refractivity contribution in [1.82, 2.24) is 0 Å². The molecule has 1 unspecified atom stereocenters. The van der Waals surface area contributed by atoms with Gasteiger partial charge in [-0.2, -0.15) is 0 Å². The molecule has 1 rings (SSSR count). The first kappa shape index (κ1) is 12.2. The first-order valence-electron chi connectivity index (χ1n) is 5.62. The Morgan fingerprint density at radius 2 is 1.80 bits per heavy atom. The van der Waals surface area contributed by atoms with Gasteiger partial charge in [0.05, 0.1) is 6.10 Å². The van der Waals surface area contributed by atoms with E-state index in [2.05, 4.69) is 12.1 Å². The molecule has 2 heteroatoms. The van der Waals surface area contributed by atoms with Gasteiger partial charge in [-0.1, -0.05) is 30.3 Å². The van der Waals surface area contributed by atoms with Crippen LogP contribution in [0, 0.1) is 0 Å². The van der Waals surface area contributed by atoms with Crippen molar-refractivity contribution in [3.05, 3.63) is 35.9 Å². The lowest BCUT2D eigenvalue weighted by Crippen LogP contribution is -2.08. The predicted molar refractivity (Wildman–Crippen MR) is 61.9 cm³/mol. The van der Waals surface area contributed by atoms with E-state index in [1.54, 1.807) is 0 Å². The van der Waals surface area contributed by atoms with E-state index < -0.39 is 0 Å². The lowest BCUT2D eigenvalue weighted by molar-refractivity contribution is 0.0289. The summed E-state index contributed by atoms with van der Waals surface area (Å²) in [4.78, 5) is 0. The van der Waals surface area contributed by atoms with Crippen LogP contribution in [-0.4, -0.2) is 19.8 Å². The molecule has 0 fully saturated rings. The number of ether oxygens (including phenoxy) is 2. The summed E-state index contributed by atoms with van der Waals surface area (Å²) in [7, 11) is 0. The lowest BCUT2D eigenvalue weighted by atomic mass is 10.1. The van der Waals surface area contributed by atoms with Gasteiger partial charge in [-0.05, 0) is 19.4 Å². The Hall–Kier alpha value is -0.860. The van der Waals surface area contributed by atoms with Crippen LogP contribution in [0.25, 0.3) is 0 Å². The van der Waals surface area contributed by atoms with Crippen molar-refractivity contribution in [2.24, 2.45) is 0 Å². The third kappa shape index (κ3) is 4.45. The summed E-state index contributed by atoms with van der Waals surface area (Å²) in [6.45, 7) is 6.31. The third-order valence-electron chi connectivity index (χ3n) is 2.27. The van der Waals surface area contributed by atoms with E-state index in [1.165, 1.54) is 5.56 Å². The highest BCUT2D eigenvalue weighted by molar-refractivity contribution is 5.17. The summed E-state index contributed by atoms with van der Waals surface area (Å²) in [6, 6.07) is 10.3. The van der Waals surface area contributed by atoms with Crippen LogP contribution in [0.1, 0.15) is 31.9 Å². The van der Waals surface area contributed by atoms with Crippen LogP contribution in [0.2, 0.25) is 0 Å². The maximum atomic E-state index is 5.69. The van der Waals surface area contributed by atoms with Crippen molar-refractivity contribution in [2.75, 3.05) is 19.8 Å². The highest BCUT2D eigenvalue weighted by Crippen LogP contribution is 2.20. The minimum atomic E-state index is 0.169. The van der Waals surface area contributed by atoms with Crippen LogP contribution in [0.5, 0.6) is 0 Å². The first-order chi connectivity index (χ1) is 7.38. The Balaban J connectivity index is 2.50. The van der Waals surface area contributed by atoms with Crippen LogP contribution in [0.4, 0.5) is 0 Å². The molecule has 0 amide bonds. The van der Waals surface area contributed by atoms with Crippen LogP contribution in [0.3, 0.4) is 0 Å². The quantitative estimate of drug-likeness (QED) is 0.641. The van der Waals surface area contributed by atoms with Gasteiger partial charge in [-0.3, -0.25) is 0 Å². The molecule has 1 aromatic rings. The molecule has 0 aliphatic heterocycles. The van der Waals surface area contributed by atoms with Gasteiger partial charge in [0.15, 0.2) is 0 Å². The Bertz CT molecular complexity index is 246. The van der Waals surface area contributed by atoms with Crippen LogP contribution in [0.15, 0.2) is 30.3 Å². The summed E-state index contributed by atoms with van der Waals surface area (Å²) < 4.78 is 11.0. The predicted octanol–water partition coefficient (Wildman–Crippen LogP) is 3.19. The van der Waals surface area contributed by atoms with Gasteiger partial charge < -0.3 is 9.47 Å². The molecule has 0 radical (unpaired) electrons. The molecule has 84 valence electrons. The van der Waals surface area contributed by atoms with Gasteiger partial charge in [-0.25, -0.2) is 0 Å². The Labute approximate surface area is 92.2 Å². The zero-order valence-electron chi connectivity index (χ0n) is 9.61. The van der Waals surface area contributed by atoms with Crippen molar-refractivity contribution in [3.63, 3.8) is 0 Å². The van der Waals surface area contributed by atoms with E-state index in [4.69, 9.17) is 9.47 Å². The zero-order chi connectivity index (χ0) is 10.9. The molecule has 1 aromatic carbocycles. The maximum absolute atomic E-state index is 5.69. The minimum absolute atomic E-state index is 0.169. The molecule has 15 heavy (non-hydrogen) atoms. The molecule has 0 aliphatic rings. The summed E-state index contributed by atoms with van der Waals surface area (Å²) >= 11 is 0. The maximum Gasteiger partial charge on any atom is 0.0846 e. The topological polar surface area (TPSA) is 18.5 Å². The van der Waals surface area contributed by atoms with Gasteiger partial charge in [0.25, 0.3) is 0 Å². The van der Waals surface area contributed by atoms with E-state index >= 15 is 0 Å². The highest BCUT2D eigenvalue weighted by Gasteiger charge is 2.10. The number of hydrogen-bond acceptors (Lipinski definition) is 2. The smallest absolute Gasteiger partial charge is 0.0846 e. The average molecular weight is 208 g/mol. The van der Waals surface area contributed by atoms with Gasteiger partial charge in [0.1, 0.15) is 0 Å². The summed E-state index contributed by atoms with van der Waals surface area (Å²) in [5, 5.41) is 0. The van der Waals surface area contributed by atoms with E-state index in [1.807, 2.05) is 32.0 Å².